The van der Waals surface area contributed by atoms with E-state index in [-0.39, 0.29) is 11.8 Å². The number of amides is 4. The molecule has 0 aliphatic carbocycles. The van der Waals surface area contributed by atoms with Crippen molar-refractivity contribution < 1.29 is 29.4 Å². The molecule has 1 unspecified atom stereocenters. The second-order valence-corrected chi connectivity index (χ2v) is 22.7. The normalized spacial score (nSPS) is 46.0. The summed E-state index contributed by atoms with van der Waals surface area (Å²) in [6.45, 7) is 3.43. The zero-order chi connectivity index (χ0) is 33.6. The lowest BCUT2D eigenvalue weighted by Crippen LogP contribution is -2.77. The minimum absolute atomic E-state index is 0.346. The van der Waals surface area contributed by atoms with Gasteiger partial charge in [-0.1, -0.05) is 47.2 Å². The molecule has 0 radical (unpaired) electrons. The summed E-state index contributed by atoms with van der Waals surface area (Å²) in [5.41, 5.74) is -0.853. The third kappa shape index (κ3) is 2.71. The third-order valence-electron chi connectivity index (χ3n) is 12.2. The van der Waals surface area contributed by atoms with Crippen molar-refractivity contribution in [3.8, 4) is 0 Å². The minimum Gasteiger partial charge on any atom is -0.388 e. The molecule has 10 atom stereocenters. The smallest absolute Gasteiger partial charge is 0.264 e. The molecule has 10 aliphatic heterocycles. The van der Waals surface area contributed by atoms with Crippen LogP contribution >= 0.6 is 62.8 Å². The van der Waals surface area contributed by atoms with Gasteiger partial charge in [-0.2, -0.15) is 0 Å². The Morgan fingerprint density at radius 2 is 1.02 bits per heavy atom. The minimum atomic E-state index is -1.82. The summed E-state index contributed by atoms with van der Waals surface area (Å²) in [5, 5.41) is 34.0. The molecule has 10 aliphatic rings. The molecule has 0 saturated carbocycles. The maximum atomic E-state index is 15.0. The predicted octanol–water partition coefficient (Wildman–Crippen LogP) is 2.63. The van der Waals surface area contributed by atoms with Gasteiger partial charge in [-0.05, 0) is 89.1 Å². The highest BCUT2D eigenvalue weighted by Crippen LogP contribution is 2.78. The van der Waals surface area contributed by atoms with Gasteiger partial charge < -0.3 is 30.6 Å². The van der Waals surface area contributed by atoms with E-state index in [1.165, 1.54) is 71.6 Å². The Balaban J connectivity index is 1.35. The Morgan fingerprint density at radius 3 is 1.52 bits per heavy atom. The van der Waals surface area contributed by atoms with Crippen LogP contribution in [0.1, 0.15) is 25.0 Å². The van der Waals surface area contributed by atoms with Crippen LogP contribution in [0.4, 0.5) is 11.4 Å². The number of aliphatic hydroxyl groups excluding tert-OH is 2. The molecule has 12 rings (SSSR count). The molecule has 8 fully saturated rings. The van der Waals surface area contributed by atoms with Gasteiger partial charge in [0.25, 0.3) is 23.6 Å². The number of piperazine rings is 2. The average molecular weight is 761 g/mol. The van der Waals surface area contributed by atoms with Crippen LogP contribution in [-0.2, 0) is 30.0 Å². The average Bonchev–Trinajstić information content (AvgIpc) is 3.73. The molecule has 48 heavy (non-hydrogen) atoms. The number of aliphatic hydroxyl groups is 2. The van der Waals surface area contributed by atoms with Crippen LogP contribution in [0, 0.1) is 0 Å². The zero-order valence-electron chi connectivity index (χ0n) is 25.7. The predicted molar refractivity (Wildman–Crippen MR) is 190 cm³/mol. The SMILES string of the molecule is CN1C(=O)C23SSSS[C@]1(C)C(=O)N2[C@H]1Nc2ccccc2[C@@]1([C@@]12c4ccccc4N[C@@H]1N1C(=O)[C@@]4(C)SS[C@]1(C(=O)N4C)[C@H]2O)[C@@H]3O. The molecule has 4 bridgehead atoms. The van der Waals surface area contributed by atoms with Gasteiger partial charge in [0.1, 0.15) is 24.5 Å². The lowest BCUT2D eigenvalue weighted by atomic mass is 9.52. The molecule has 2 aromatic carbocycles. The first-order valence-electron chi connectivity index (χ1n) is 15.2. The lowest BCUT2D eigenvalue weighted by Gasteiger charge is -2.58. The first-order chi connectivity index (χ1) is 22.8. The van der Waals surface area contributed by atoms with Gasteiger partial charge in [-0.3, -0.25) is 29.0 Å². The fourth-order valence-corrected chi connectivity index (χ4v) is 21.0. The van der Waals surface area contributed by atoms with Gasteiger partial charge in [0.2, 0.25) is 9.74 Å². The molecule has 8 saturated heterocycles. The Morgan fingerprint density at radius 1 is 0.604 bits per heavy atom. The molecule has 4 amide bonds. The van der Waals surface area contributed by atoms with E-state index in [1.54, 1.807) is 27.9 Å². The van der Waals surface area contributed by atoms with Crippen molar-refractivity contribution in [3.63, 3.8) is 0 Å². The first-order valence-corrected chi connectivity index (χ1v) is 22.2. The molecule has 2 spiro atoms. The summed E-state index contributed by atoms with van der Waals surface area (Å²) in [7, 11) is 10.7. The van der Waals surface area contributed by atoms with Crippen LogP contribution in [0.25, 0.3) is 0 Å². The second kappa shape index (κ2) is 9.05. The number of hydrogen-bond acceptors (Lipinski definition) is 14. The Labute approximate surface area is 298 Å². The van der Waals surface area contributed by atoms with Crippen LogP contribution in [0.15, 0.2) is 48.5 Å². The molecule has 18 heteroatoms. The van der Waals surface area contributed by atoms with Gasteiger partial charge >= 0.3 is 0 Å². The van der Waals surface area contributed by atoms with Crippen molar-refractivity contribution in [2.75, 3.05) is 24.7 Å². The van der Waals surface area contributed by atoms with Crippen molar-refractivity contribution >= 4 is 97.8 Å². The highest BCUT2D eigenvalue weighted by molar-refractivity contribution is 9.26. The van der Waals surface area contributed by atoms with E-state index >= 15 is 4.79 Å². The molecular weight excluding hydrogens is 733 g/mol. The molecule has 250 valence electrons. The number of rotatable bonds is 1. The quantitative estimate of drug-likeness (QED) is 0.316. The molecular formula is C30H28N6O6S6. The number of nitrogens with one attached hydrogen (secondary N) is 2. The zero-order valence-corrected chi connectivity index (χ0v) is 30.6. The summed E-state index contributed by atoms with van der Waals surface area (Å²) in [6, 6.07) is 14.8. The van der Waals surface area contributed by atoms with Crippen molar-refractivity contribution in [3.05, 3.63) is 59.7 Å². The summed E-state index contributed by atoms with van der Waals surface area (Å²) in [5.74, 6) is -1.56. The largest absolute Gasteiger partial charge is 0.388 e. The van der Waals surface area contributed by atoms with E-state index in [0.717, 1.165) is 10.8 Å². The van der Waals surface area contributed by atoms with E-state index in [1.807, 2.05) is 48.5 Å². The van der Waals surface area contributed by atoms with Crippen molar-refractivity contribution in [2.24, 2.45) is 0 Å². The fourth-order valence-electron chi connectivity index (χ4n) is 9.80. The number of fused-ring (bicyclic) bond motifs is 13. The van der Waals surface area contributed by atoms with Crippen molar-refractivity contribution in [1.29, 1.82) is 0 Å². The van der Waals surface area contributed by atoms with E-state index in [0.29, 0.717) is 22.5 Å². The van der Waals surface area contributed by atoms with Gasteiger partial charge in [-0.25, -0.2) is 0 Å². The third-order valence-corrected chi connectivity index (χ3v) is 23.2. The topological polar surface area (TPSA) is 146 Å². The molecule has 4 N–H and O–H groups in total. The summed E-state index contributed by atoms with van der Waals surface area (Å²) < 4.78 is 0. The highest BCUT2D eigenvalue weighted by atomic mass is 33.7. The van der Waals surface area contributed by atoms with E-state index in [4.69, 9.17) is 0 Å². The van der Waals surface area contributed by atoms with Gasteiger partial charge in [0.05, 0.1) is 10.8 Å². The highest BCUT2D eigenvalue weighted by Gasteiger charge is 2.92. The Kier molecular flexibility index (Phi) is 5.79. The van der Waals surface area contributed by atoms with Crippen molar-refractivity contribution in [2.45, 2.75) is 68.7 Å². The number of nitrogens with zero attached hydrogens (tertiary/aromatic N) is 4. The van der Waals surface area contributed by atoms with Crippen LogP contribution < -0.4 is 10.6 Å². The fraction of sp³-hybridized carbons (Fsp3) is 0.467. The summed E-state index contributed by atoms with van der Waals surface area (Å²) in [6.07, 6.45) is -5.31. The Hall–Kier alpha value is -2.06. The van der Waals surface area contributed by atoms with Crippen LogP contribution in [0.3, 0.4) is 0 Å². The number of likely N-dealkylation sites (N-methyl/N-ethyl adjacent to an activating group) is 2. The molecule has 2 aromatic rings. The lowest BCUT2D eigenvalue weighted by molar-refractivity contribution is -0.166. The molecule has 12 nitrogen and oxygen atoms in total. The van der Waals surface area contributed by atoms with E-state index in [9.17, 15) is 24.6 Å². The standard InChI is InChI=1S/C30H28N6O6S6/c1-25-21(39)35-19-27(13-9-5-7-11-15(13)31-19,17(37)29(35,45-43-25)23(41)33(25)3)28-14-10-6-8-12-16(14)32-20(28)36-22(40)26(2)34(4)24(42)30(36,18(28)38)46-48-47-44-26/h5-12,17-20,31-32,37-38H,1-4H3/t17-,18-,19+,20+,25+,26+,27+,28+,29-,30?/m0/s1. The number of hydrogen-bond donors (Lipinski definition) is 4. The van der Waals surface area contributed by atoms with Gasteiger partial charge in [0, 0.05) is 25.5 Å². The van der Waals surface area contributed by atoms with E-state index in [2.05, 4.69) is 10.6 Å². The number of para-hydroxylation sites is 2. The number of benzene rings is 2. The van der Waals surface area contributed by atoms with Gasteiger partial charge in [-0.15, -0.1) is 0 Å². The van der Waals surface area contributed by atoms with Gasteiger partial charge in [0.15, 0.2) is 9.74 Å². The van der Waals surface area contributed by atoms with Crippen molar-refractivity contribution in [1.82, 2.24) is 19.6 Å². The summed E-state index contributed by atoms with van der Waals surface area (Å²) in [4.78, 5) is 59.0. The maximum Gasteiger partial charge on any atom is 0.264 e. The Bertz CT molecular complexity index is 1940. The number of carbonyl (C=O) groups excluding carboxylic acids is 4. The van der Waals surface area contributed by atoms with Crippen LogP contribution in [-0.4, -0.2) is 112 Å². The van der Waals surface area contributed by atoms with Crippen LogP contribution in [0.2, 0.25) is 0 Å². The van der Waals surface area contributed by atoms with Crippen LogP contribution in [0.5, 0.6) is 0 Å². The summed E-state index contributed by atoms with van der Waals surface area (Å²) >= 11 is 0. The number of anilines is 2. The molecule has 10 heterocycles. The molecule has 0 aromatic heterocycles. The van der Waals surface area contributed by atoms with E-state index < -0.39 is 66.7 Å². The first kappa shape index (κ1) is 30.7. The monoisotopic (exact) mass is 760 g/mol. The second-order valence-electron chi connectivity index (χ2n) is 13.6. The number of carbonyl (C=O) groups is 4. The maximum absolute atomic E-state index is 15.0.